The lowest BCUT2D eigenvalue weighted by Crippen LogP contribution is -2.51. The van der Waals surface area contributed by atoms with E-state index in [4.69, 9.17) is 9.47 Å². The molecule has 2 aromatic rings. The van der Waals surface area contributed by atoms with E-state index in [0.717, 1.165) is 0 Å². The number of nitrogens with one attached hydrogen (secondary N) is 3. The van der Waals surface area contributed by atoms with Crippen LogP contribution in [0.1, 0.15) is 6.92 Å². The van der Waals surface area contributed by atoms with Gasteiger partial charge in [-0.3, -0.25) is 0 Å². The third kappa shape index (κ3) is 3.58. The molecule has 2 heterocycles. The lowest BCUT2D eigenvalue weighted by molar-refractivity contribution is 0.0868. The summed E-state index contributed by atoms with van der Waals surface area (Å²) in [5, 5.41) is 2.79. The minimum absolute atomic E-state index is 0.302. The molecule has 1 fully saturated rings. The molecule has 0 bridgehead atoms. The van der Waals surface area contributed by atoms with Crippen LogP contribution in [0.5, 0.6) is 5.75 Å². The molecule has 0 unspecified atom stereocenters. The summed E-state index contributed by atoms with van der Waals surface area (Å²) in [6, 6.07) is 2.98. The summed E-state index contributed by atoms with van der Waals surface area (Å²) < 4.78 is 10.3. The fourth-order valence-electron chi connectivity index (χ4n) is 2.83. The molecular formula is C16H21N5O5. The third-order valence-electron chi connectivity index (χ3n) is 4.17. The van der Waals surface area contributed by atoms with Crippen LogP contribution < -0.4 is 15.7 Å². The van der Waals surface area contributed by atoms with E-state index in [9.17, 15) is 14.4 Å². The van der Waals surface area contributed by atoms with E-state index in [1.165, 1.54) is 7.11 Å². The summed E-state index contributed by atoms with van der Waals surface area (Å²) in [6.07, 6.45) is -0.365. The number of ether oxygens (including phenoxy) is 2. The number of amides is 3. The zero-order chi connectivity index (χ0) is 18.7. The molecule has 140 valence electrons. The number of hydrogen-bond acceptors (Lipinski definition) is 5. The van der Waals surface area contributed by atoms with Crippen LogP contribution in [0.4, 0.5) is 15.3 Å². The molecule has 1 aliphatic rings. The van der Waals surface area contributed by atoms with Gasteiger partial charge in [0.05, 0.1) is 30.4 Å². The number of anilines is 1. The highest BCUT2D eigenvalue weighted by atomic mass is 16.6. The Labute approximate surface area is 149 Å². The van der Waals surface area contributed by atoms with E-state index in [1.54, 1.807) is 28.9 Å². The van der Waals surface area contributed by atoms with Gasteiger partial charge in [-0.25, -0.2) is 14.4 Å². The maximum atomic E-state index is 12.5. The third-order valence-corrected chi connectivity index (χ3v) is 4.17. The van der Waals surface area contributed by atoms with Gasteiger partial charge in [-0.1, -0.05) is 0 Å². The van der Waals surface area contributed by atoms with Crippen molar-refractivity contribution in [1.82, 2.24) is 19.8 Å². The highest BCUT2D eigenvalue weighted by molar-refractivity contribution is 5.94. The molecule has 1 aliphatic heterocycles. The Hall–Kier alpha value is -3.17. The smallest absolute Gasteiger partial charge is 0.409 e. The maximum Gasteiger partial charge on any atom is 0.409 e. The van der Waals surface area contributed by atoms with Crippen molar-refractivity contribution in [3.63, 3.8) is 0 Å². The Bertz CT molecular complexity index is 866. The number of hydrogen-bond donors (Lipinski definition) is 3. The van der Waals surface area contributed by atoms with E-state index >= 15 is 0 Å². The number of urea groups is 1. The van der Waals surface area contributed by atoms with Gasteiger partial charge < -0.3 is 34.6 Å². The van der Waals surface area contributed by atoms with Crippen LogP contribution in [0.15, 0.2) is 16.9 Å². The highest BCUT2D eigenvalue weighted by Crippen LogP contribution is 2.28. The molecule has 0 atom stereocenters. The average molecular weight is 363 g/mol. The van der Waals surface area contributed by atoms with Gasteiger partial charge in [-0.05, 0) is 13.0 Å². The van der Waals surface area contributed by atoms with Crippen LogP contribution >= 0.6 is 0 Å². The predicted molar refractivity (Wildman–Crippen MR) is 94.7 cm³/mol. The first-order chi connectivity index (χ1) is 12.5. The number of carbonyl (C=O) groups excluding carboxylic acids is 2. The van der Waals surface area contributed by atoms with Crippen LogP contribution in [0.25, 0.3) is 11.0 Å². The Morgan fingerprint density at radius 3 is 2.35 bits per heavy atom. The molecule has 1 aromatic heterocycles. The monoisotopic (exact) mass is 363 g/mol. The van der Waals surface area contributed by atoms with Crippen molar-refractivity contribution in [2.75, 3.05) is 45.2 Å². The summed E-state index contributed by atoms with van der Waals surface area (Å²) in [5.41, 5.74) is 1.28. The van der Waals surface area contributed by atoms with Crippen LogP contribution in [0.3, 0.4) is 0 Å². The van der Waals surface area contributed by atoms with Gasteiger partial charge in [0.25, 0.3) is 0 Å². The number of nitrogens with zero attached hydrogens (tertiary/aromatic N) is 2. The number of H-pyrrole nitrogens is 2. The fourth-order valence-corrected chi connectivity index (χ4v) is 2.83. The average Bonchev–Trinajstić information content (AvgIpc) is 3.00. The zero-order valence-electron chi connectivity index (χ0n) is 14.6. The highest BCUT2D eigenvalue weighted by Gasteiger charge is 2.25. The predicted octanol–water partition coefficient (Wildman–Crippen LogP) is 1.17. The van der Waals surface area contributed by atoms with Crippen molar-refractivity contribution >= 4 is 28.8 Å². The SMILES string of the molecule is CCOC(=O)N1CCN(C(=O)Nc2cc3[nH]c(=O)[nH]c3cc2OC)CC1. The molecule has 10 nitrogen and oxygen atoms in total. The molecule has 0 radical (unpaired) electrons. The number of benzene rings is 1. The number of fused-ring (bicyclic) bond motifs is 1. The van der Waals surface area contributed by atoms with E-state index in [2.05, 4.69) is 15.3 Å². The number of imidazole rings is 1. The molecule has 0 saturated carbocycles. The number of methoxy groups -OCH3 is 1. The lowest BCUT2D eigenvalue weighted by Gasteiger charge is -2.34. The molecule has 0 aliphatic carbocycles. The van der Waals surface area contributed by atoms with Gasteiger partial charge in [-0.2, -0.15) is 0 Å². The van der Waals surface area contributed by atoms with E-state index < -0.39 is 0 Å². The van der Waals surface area contributed by atoms with Crippen LogP contribution in [0, 0.1) is 0 Å². The topological polar surface area (TPSA) is 120 Å². The van der Waals surface area contributed by atoms with Gasteiger partial charge in [0.15, 0.2) is 0 Å². The minimum Gasteiger partial charge on any atom is -0.494 e. The second-order valence-electron chi connectivity index (χ2n) is 5.78. The largest absolute Gasteiger partial charge is 0.494 e. The van der Waals surface area contributed by atoms with E-state index in [1.807, 2.05) is 0 Å². The molecular weight excluding hydrogens is 342 g/mol. The Kier molecular flexibility index (Phi) is 5.01. The first-order valence-corrected chi connectivity index (χ1v) is 8.29. The van der Waals surface area contributed by atoms with E-state index in [0.29, 0.717) is 55.3 Å². The molecule has 3 rings (SSSR count). The van der Waals surface area contributed by atoms with Crippen molar-refractivity contribution in [1.29, 1.82) is 0 Å². The molecule has 1 saturated heterocycles. The fraction of sp³-hybridized carbons (Fsp3) is 0.438. The van der Waals surface area contributed by atoms with Crippen molar-refractivity contribution < 1.29 is 19.1 Å². The van der Waals surface area contributed by atoms with Crippen molar-refractivity contribution in [3.8, 4) is 5.75 Å². The Morgan fingerprint density at radius 2 is 1.73 bits per heavy atom. The zero-order valence-corrected chi connectivity index (χ0v) is 14.6. The second kappa shape index (κ2) is 7.38. The number of aromatic nitrogens is 2. The summed E-state index contributed by atoms with van der Waals surface area (Å²) in [7, 11) is 1.49. The normalized spacial score (nSPS) is 14.4. The molecule has 26 heavy (non-hydrogen) atoms. The Morgan fingerprint density at radius 1 is 1.12 bits per heavy atom. The van der Waals surface area contributed by atoms with Gasteiger partial charge >= 0.3 is 17.8 Å². The number of piperazine rings is 1. The van der Waals surface area contributed by atoms with Crippen LogP contribution in [0.2, 0.25) is 0 Å². The minimum atomic E-state index is -0.365. The molecule has 10 heteroatoms. The van der Waals surface area contributed by atoms with Gasteiger partial charge in [0.2, 0.25) is 0 Å². The van der Waals surface area contributed by atoms with Gasteiger partial charge in [-0.15, -0.1) is 0 Å². The quantitative estimate of drug-likeness (QED) is 0.756. The van der Waals surface area contributed by atoms with Crippen molar-refractivity contribution in [2.24, 2.45) is 0 Å². The first kappa shape index (κ1) is 17.6. The summed E-state index contributed by atoms with van der Waals surface area (Å²) in [4.78, 5) is 44.1. The molecule has 1 aromatic carbocycles. The summed E-state index contributed by atoms with van der Waals surface area (Å²) in [6.45, 7) is 3.69. The molecule has 3 N–H and O–H groups in total. The molecule has 3 amide bonds. The summed E-state index contributed by atoms with van der Waals surface area (Å²) in [5.74, 6) is 0.436. The number of aromatic amines is 2. The van der Waals surface area contributed by atoms with Crippen molar-refractivity contribution in [2.45, 2.75) is 6.92 Å². The Balaban J connectivity index is 1.68. The van der Waals surface area contributed by atoms with Gasteiger partial charge in [0, 0.05) is 32.2 Å². The van der Waals surface area contributed by atoms with E-state index in [-0.39, 0.29) is 17.8 Å². The summed E-state index contributed by atoms with van der Waals surface area (Å²) >= 11 is 0. The standard InChI is InChI=1S/C16H21N5O5/c1-3-26-16(24)21-6-4-20(5-7-21)15(23)19-12-8-10-11(9-13(12)25-2)18-14(22)17-10/h8-9H,3-7H2,1-2H3,(H,19,23)(H2,17,18,22). The first-order valence-electron chi connectivity index (χ1n) is 8.29. The lowest BCUT2D eigenvalue weighted by atomic mass is 10.2. The maximum absolute atomic E-state index is 12.5. The number of rotatable bonds is 3. The molecule has 0 spiro atoms. The van der Waals surface area contributed by atoms with Crippen LogP contribution in [-0.4, -0.2) is 71.8 Å². The second-order valence-corrected chi connectivity index (χ2v) is 5.78. The van der Waals surface area contributed by atoms with Crippen LogP contribution in [-0.2, 0) is 4.74 Å². The number of carbonyl (C=O) groups is 2. The van der Waals surface area contributed by atoms with Crippen molar-refractivity contribution in [3.05, 3.63) is 22.6 Å². The van der Waals surface area contributed by atoms with Gasteiger partial charge in [0.1, 0.15) is 5.75 Å².